The molecule has 1 amide bonds. The van der Waals surface area contributed by atoms with Crippen LogP contribution in [0.1, 0.15) is 32.4 Å². The Morgan fingerprint density at radius 1 is 1.43 bits per heavy atom. The fourth-order valence-corrected chi connectivity index (χ4v) is 3.29. The number of likely N-dealkylation sites (tertiary alicyclic amines) is 1. The van der Waals surface area contributed by atoms with Crippen LogP contribution in [0.15, 0.2) is 28.7 Å². The summed E-state index contributed by atoms with van der Waals surface area (Å²) in [4.78, 5) is 13.7. The number of amides is 1. The Morgan fingerprint density at radius 3 is 3.00 bits per heavy atom. The zero-order valence-electron chi connectivity index (χ0n) is 13.6. The lowest BCUT2D eigenvalue weighted by Crippen LogP contribution is -2.49. The van der Waals surface area contributed by atoms with E-state index in [-0.39, 0.29) is 11.7 Å². The fourth-order valence-electron chi connectivity index (χ4n) is 3.29. The van der Waals surface area contributed by atoms with Crippen molar-refractivity contribution in [1.82, 2.24) is 10.2 Å². The van der Waals surface area contributed by atoms with E-state index in [9.17, 15) is 9.18 Å². The number of nitrogens with zero attached hydrogens (tertiary/aromatic N) is 1. The first-order valence-electron chi connectivity index (χ1n) is 8.26. The first-order chi connectivity index (χ1) is 11.1. The monoisotopic (exact) mass is 318 g/mol. The van der Waals surface area contributed by atoms with Crippen LogP contribution in [0, 0.1) is 11.7 Å². The van der Waals surface area contributed by atoms with Gasteiger partial charge in [0.05, 0.1) is 6.54 Å². The van der Waals surface area contributed by atoms with Crippen molar-refractivity contribution in [1.29, 1.82) is 0 Å². The molecule has 0 spiro atoms. The maximum Gasteiger partial charge on any atom is 0.222 e. The third-order valence-corrected chi connectivity index (χ3v) is 4.63. The van der Waals surface area contributed by atoms with Gasteiger partial charge in [-0.1, -0.05) is 13.8 Å². The Kier molecular flexibility index (Phi) is 4.66. The van der Waals surface area contributed by atoms with Crippen LogP contribution >= 0.6 is 0 Å². The van der Waals surface area contributed by atoms with E-state index in [0.717, 1.165) is 30.7 Å². The van der Waals surface area contributed by atoms with E-state index in [4.69, 9.17) is 4.42 Å². The molecule has 0 saturated carbocycles. The number of halogens is 1. The van der Waals surface area contributed by atoms with Crippen molar-refractivity contribution in [3.8, 4) is 0 Å². The van der Waals surface area contributed by atoms with Crippen LogP contribution < -0.4 is 5.32 Å². The molecule has 1 N–H and O–H groups in total. The minimum Gasteiger partial charge on any atom is -0.460 e. The molecule has 0 aliphatic carbocycles. The molecule has 2 atom stereocenters. The number of hydrogen-bond donors (Lipinski definition) is 1. The predicted octanol–water partition coefficient (Wildman–Crippen LogP) is 3.31. The second kappa shape index (κ2) is 6.71. The molecule has 2 aromatic rings. The average Bonchev–Trinajstić information content (AvgIpc) is 2.94. The molecule has 3 rings (SSSR count). The molecule has 124 valence electrons. The summed E-state index contributed by atoms with van der Waals surface area (Å²) in [6, 6.07) is 6.80. The second-order valence-electron chi connectivity index (χ2n) is 6.34. The maximum absolute atomic E-state index is 13.2. The first kappa shape index (κ1) is 16.0. The van der Waals surface area contributed by atoms with Crippen molar-refractivity contribution >= 4 is 16.9 Å². The van der Waals surface area contributed by atoms with Gasteiger partial charge in [0.25, 0.3) is 0 Å². The zero-order chi connectivity index (χ0) is 16.4. The van der Waals surface area contributed by atoms with Crippen molar-refractivity contribution in [3.05, 3.63) is 35.8 Å². The molecule has 5 heteroatoms. The molecule has 0 radical (unpaired) electrons. The lowest BCUT2D eigenvalue weighted by Gasteiger charge is -2.37. The lowest BCUT2D eigenvalue weighted by atomic mass is 9.93. The van der Waals surface area contributed by atoms with E-state index in [2.05, 4.69) is 12.2 Å². The van der Waals surface area contributed by atoms with E-state index in [0.29, 0.717) is 30.5 Å². The number of rotatable bonds is 4. The third-order valence-electron chi connectivity index (χ3n) is 4.63. The number of carbonyl (C=O) groups excluding carboxylic acids is 1. The second-order valence-corrected chi connectivity index (χ2v) is 6.34. The van der Waals surface area contributed by atoms with E-state index in [1.807, 2.05) is 17.9 Å². The van der Waals surface area contributed by atoms with Gasteiger partial charge in [-0.2, -0.15) is 0 Å². The minimum absolute atomic E-state index is 0.231. The summed E-state index contributed by atoms with van der Waals surface area (Å²) < 4.78 is 18.9. The van der Waals surface area contributed by atoms with Gasteiger partial charge in [-0.3, -0.25) is 4.79 Å². The number of furan rings is 1. The van der Waals surface area contributed by atoms with Gasteiger partial charge in [-0.05, 0) is 36.6 Å². The Bertz CT molecular complexity index is 697. The molecule has 1 aromatic heterocycles. The van der Waals surface area contributed by atoms with Crippen LogP contribution in [0.5, 0.6) is 0 Å². The van der Waals surface area contributed by atoms with E-state index in [1.165, 1.54) is 12.1 Å². The van der Waals surface area contributed by atoms with Gasteiger partial charge in [-0.25, -0.2) is 4.39 Å². The zero-order valence-corrected chi connectivity index (χ0v) is 13.6. The normalized spacial score (nSPS) is 21.8. The Balaban J connectivity index is 1.58. The Hall–Kier alpha value is -1.88. The minimum atomic E-state index is -0.251. The molecule has 0 bridgehead atoms. The number of benzene rings is 1. The van der Waals surface area contributed by atoms with Crippen molar-refractivity contribution in [2.45, 2.75) is 39.3 Å². The fraction of sp³-hybridized carbons (Fsp3) is 0.500. The molecule has 1 aliphatic heterocycles. The van der Waals surface area contributed by atoms with Crippen LogP contribution in [0.25, 0.3) is 11.0 Å². The van der Waals surface area contributed by atoms with Crippen LogP contribution in [-0.2, 0) is 11.3 Å². The summed E-state index contributed by atoms with van der Waals surface area (Å²) in [6.45, 7) is 6.30. The SMILES string of the molecule is CCC(=O)N1CCC(NCc2cc3cc(F)ccc3o2)C(C)C1. The van der Waals surface area contributed by atoms with Crippen LogP contribution in [0.4, 0.5) is 4.39 Å². The lowest BCUT2D eigenvalue weighted by molar-refractivity contribution is -0.132. The largest absolute Gasteiger partial charge is 0.460 e. The molecule has 1 fully saturated rings. The van der Waals surface area contributed by atoms with E-state index >= 15 is 0 Å². The number of nitrogens with one attached hydrogen (secondary N) is 1. The summed E-state index contributed by atoms with van der Waals surface area (Å²) in [5.41, 5.74) is 0.708. The molecule has 2 heterocycles. The van der Waals surface area contributed by atoms with Gasteiger partial charge in [-0.15, -0.1) is 0 Å². The van der Waals surface area contributed by atoms with Gasteiger partial charge in [0.15, 0.2) is 0 Å². The summed E-state index contributed by atoms with van der Waals surface area (Å²) in [6.07, 6.45) is 1.52. The van der Waals surface area contributed by atoms with Crippen molar-refractivity contribution in [2.75, 3.05) is 13.1 Å². The molecule has 4 nitrogen and oxygen atoms in total. The summed E-state index contributed by atoms with van der Waals surface area (Å²) in [7, 11) is 0. The topological polar surface area (TPSA) is 45.5 Å². The van der Waals surface area contributed by atoms with Gasteiger partial charge in [0.1, 0.15) is 17.2 Å². The van der Waals surface area contributed by atoms with Crippen molar-refractivity contribution in [2.24, 2.45) is 5.92 Å². The van der Waals surface area contributed by atoms with Gasteiger partial charge in [0.2, 0.25) is 5.91 Å². The van der Waals surface area contributed by atoms with Gasteiger partial charge in [0, 0.05) is 30.9 Å². The van der Waals surface area contributed by atoms with E-state index < -0.39 is 0 Å². The molecule has 1 saturated heterocycles. The number of carbonyl (C=O) groups is 1. The summed E-state index contributed by atoms with van der Waals surface area (Å²) in [5, 5.41) is 4.31. The highest BCUT2D eigenvalue weighted by molar-refractivity contribution is 5.77. The van der Waals surface area contributed by atoms with Crippen LogP contribution in [0.3, 0.4) is 0 Å². The summed E-state index contributed by atoms with van der Waals surface area (Å²) in [5.74, 6) is 1.19. The maximum atomic E-state index is 13.2. The number of piperidine rings is 1. The third kappa shape index (κ3) is 3.55. The summed E-state index contributed by atoms with van der Waals surface area (Å²) >= 11 is 0. The smallest absolute Gasteiger partial charge is 0.222 e. The highest BCUT2D eigenvalue weighted by atomic mass is 19.1. The highest BCUT2D eigenvalue weighted by Crippen LogP contribution is 2.22. The molecule has 1 aliphatic rings. The molecular formula is C18H23FN2O2. The van der Waals surface area contributed by atoms with Crippen molar-refractivity contribution in [3.63, 3.8) is 0 Å². The predicted molar refractivity (Wildman–Crippen MR) is 87.5 cm³/mol. The Morgan fingerprint density at radius 2 is 2.26 bits per heavy atom. The highest BCUT2D eigenvalue weighted by Gasteiger charge is 2.27. The molecular weight excluding hydrogens is 295 g/mol. The van der Waals surface area contributed by atoms with Gasteiger partial charge < -0.3 is 14.6 Å². The standard InChI is InChI=1S/C18H23FN2O2/c1-3-18(22)21-7-6-16(12(2)11-21)20-10-15-9-13-8-14(19)4-5-17(13)23-15/h4-5,8-9,12,16,20H,3,6-7,10-11H2,1-2H3. The Labute approximate surface area is 135 Å². The number of hydrogen-bond acceptors (Lipinski definition) is 3. The molecule has 2 unspecified atom stereocenters. The van der Waals surface area contributed by atoms with Gasteiger partial charge >= 0.3 is 0 Å². The van der Waals surface area contributed by atoms with Crippen LogP contribution in [0.2, 0.25) is 0 Å². The van der Waals surface area contributed by atoms with Crippen molar-refractivity contribution < 1.29 is 13.6 Å². The quantitative estimate of drug-likeness (QED) is 0.941. The first-order valence-corrected chi connectivity index (χ1v) is 8.26. The molecule has 1 aromatic carbocycles. The van der Waals surface area contributed by atoms with E-state index in [1.54, 1.807) is 6.07 Å². The molecule has 23 heavy (non-hydrogen) atoms. The van der Waals surface area contributed by atoms with Crippen LogP contribution in [-0.4, -0.2) is 29.9 Å². The average molecular weight is 318 g/mol. The number of fused-ring (bicyclic) bond motifs is 1.